The quantitative estimate of drug-likeness (QED) is 0.429. The van der Waals surface area contributed by atoms with E-state index in [1.165, 1.54) is 18.3 Å². The van der Waals surface area contributed by atoms with Crippen LogP contribution in [0.15, 0.2) is 70.2 Å². The number of carbonyl (C=O) groups excluding carboxylic acids is 1. The van der Waals surface area contributed by atoms with Crippen molar-refractivity contribution >= 4 is 17.8 Å². The van der Waals surface area contributed by atoms with Crippen LogP contribution in [0.2, 0.25) is 0 Å². The van der Waals surface area contributed by atoms with Gasteiger partial charge in [-0.15, -0.1) is 0 Å². The van der Waals surface area contributed by atoms with Gasteiger partial charge < -0.3 is 4.42 Å². The van der Waals surface area contributed by atoms with Crippen molar-refractivity contribution in [1.82, 2.24) is 5.43 Å². The van der Waals surface area contributed by atoms with Gasteiger partial charge in [-0.05, 0) is 42.8 Å². The number of hydrogen-bond donors (Lipinski definition) is 1. The average molecular weight is 349 g/mol. The van der Waals surface area contributed by atoms with Crippen LogP contribution in [0.3, 0.4) is 0 Å². The minimum atomic E-state index is -0.457. The van der Waals surface area contributed by atoms with Crippen molar-refractivity contribution in [2.24, 2.45) is 5.10 Å². The van der Waals surface area contributed by atoms with E-state index in [2.05, 4.69) is 10.5 Å². The third-order valence-electron chi connectivity index (χ3n) is 3.74. The third-order valence-corrected chi connectivity index (χ3v) is 3.74. The molecule has 3 aromatic rings. The molecule has 2 aromatic carbocycles. The van der Waals surface area contributed by atoms with Gasteiger partial charge in [0.1, 0.15) is 11.5 Å². The van der Waals surface area contributed by atoms with E-state index in [4.69, 9.17) is 4.42 Å². The lowest BCUT2D eigenvalue weighted by Gasteiger charge is -2.02. The molecule has 0 atom stereocenters. The number of rotatable bonds is 5. The molecule has 0 spiro atoms. The number of hydrazone groups is 1. The molecule has 0 saturated carbocycles. The molecule has 0 aliphatic heterocycles. The number of nitro groups is 1. The summed E-state index contributed by atoms with van der Waals surface area (Å²) in [7, 11) is 0. The zero-order chi connectivity index (χ0) is 18.5. The number of furan rings is 1. The first-order valence-corrected chi connectivity index (χ1v) is 7.78. The number of nitrogens with one attached hydrogen (secondary N) is 1. The number of carbonyl (C=O) groups is 1. The molecule has 7 nitrogen and oxygen atoms in total. The highest BCUT2D eigenvalue weighted by Crippen LogP contribution is 2.24. The van der Waals surface area contributed by atoms with Crippen molar-refractivity contribution in [3.05, 3.63) is 87.7 Å². The molecular formula is C19H15N3O4. The van der Waals surface area contributed by atoms with Crippen molar-refractivity contribution in [3.8, 4) is 11.3 Å². The molecule has 0 aliphatic carbocycles. The number of benzene rings is 2. The Labute approximate surface area is 149 Å². The Kier molecular flexibility index (Phi) is 4.89. The van der Waals surface area contributed by atoms with Gasteiger partial charge in [0.2, 0.25) is 0 Å². The van der Waals surface area contributed by atoms with Crippen LogP contribution in [0.1, 0.15) is 21.7 Å². The molecule has 1 amide bonds. The second-order valence-electron chi connectivity index (χ2n) is 5.52. The number of hydrogen-bond acceptors (Lipinski definition) is 5. The number of non-ortho nitro benzene ring substituents is 1. The Bertz CT molecular complexity index is 974. The van der Waals surface area contributed by atoms with Crippen LogP contribution in [-0.2, 0) is 0 Å². The maximum absolute atomic E-state index is 12.1. The molecule has 7 heteroatoms. The Morgan fingerprint density at radius 2 is 1.85 bits per heavy atom. The molecule has 0 aliphatic rings. The Hall–Kier alpha value is -3.74. The summed E-state index contributed by atoms with van der Waals surface area (Å²) in [4.78, 5) is 22.3. The van der Waals surface area contributed by atoms with E-state index in [0.29, 0.717) is 22.6 Å². The maximum Gasteiger partial charge on any atom is 0.271 e. The second-order valence-corrected chi connectivity index (χ2v) is 5.52. The number of aryl methyl sites for hydroxylation is 1. The molecule has 26 heavy (non-hydrogen) atoms. The van der Waals surface area contributed by atoms with Crippen LogP contribution in [0.25, 0.3) is 11.3 Å². The topological polar surface area (TPSA) is 97.7 Å². The summed E-state index contributed by atoms with van der Waals surface area (Å²) in [5.74, 6) is 0.691. The van der Waals surface area contributed by atoms with Gasteiger partial charge in [0.15, 0.2) is 0 Å². The summed E-state index contributed by atoms with van der Waals surface area (Å²) in [6, 6.07) is 16.7. The van der Waals surface area contributed by atoms with Crippen LogP contribution in [0, 0.1) is 17.0 Å². The van der Waals surface area contributed by atoms with Gasteiger partial charge in [-0.2, -0.15) is 5.10 Å². The lowest BCUT2D eigenvalue weighted by Crippen LogP contribution is -2.18. The SMILES string of the molecule is Cc1ccccc1C(=O)N/N=C\c1ccc(-c2ccc([N+](=O)[O-])cc2)o1. The number of amides is 1. The summed E-state index contributed by atoms with van der Waals surface area (Å²) in [6.07, 6.45) is 1.39. The highest BCUT2D eigenvalue weighted by molar-refractivity contribution is 5.96. The van der Waals surface area contributed by atoms with E-state index in [9.17, 15) is 14.9 Å². The number of nitrogens with zero attached hydrogens (tertiary/aromatic N) is 2. The van der Waals surface area contributed by atoms with Crippen LogP contribution in [0.4, 0.5) is 5.69 Å². The number of nitro benzene ring substituents is 1. The molecule has 0 fully saturated rings. The van der Waals surface area contributed by atoms with Gasteiger partial charge in [-0.25, -0.2) is 5.43 Å². The fraction of sp³-hybridized carbons (Fsp3) is 0.0526. The maximum atomic E-state index is 12.1. The minimum Gasteiger partial charge on any atom is -0.455 e. The van der Waals surface area contributed by atoms with Crippen molar-refractivity contribution < 1.29 is 14.1 Å². The van der Waals surface area contributed by atoms with Crippen molar-refractivity contribution in [1.29, 1.82) is 0 Å². The lowest BCUT2D eigenvalue weighted by molar-refractivity contribution is -0.384. The summed E-state index contributed by atoms with van der Waals surface area (Å²) in [5, 5.41) is 14.6. The minimum absolute atomic E-state index is 0.0148. The normalized spacial score (nSPS) is 10.8. The predicted molar refractivity (Wildman–Crippen MR) is 97.0 cm³/mol. The predicted octanol–water partition coefficient (Wildman–Crippen LogP) is 3.93. The van der Waals surface area contributed by atoms with E-state index in [0.717, 1.165) is 5.56 Å². The molecule has 0 saturated heterocycles. The van der Waals surface area contributed by atoms with E-state index >= 15 is 0 Å². The Morgan fingerprint density at radius 3 is 2.54 bits per heavy atom. The molecule has 130 valence electrons. The molecule has 0 unspecified atom stereocenters. The lowest BCUT2D eigenvalue weighted by atomic mass is 10.1. The van der Waals surface area contributed by atoms with Crippen LogP contribution in [0.5, 0.6) is 0 Å². The molecular weight excluding hydrogens is 334 g/mol. The molecule has 0 bridgehead atoms. The molecule has 1 N–H and O–H groups in total. The largest absolute Gasteiger partial charge is 0.455 e. The third kappa shape index (κ3) is 3.84. The van der Waals surface area contributed by atoms with Gasteiger partial charge in [0.05, 0.1) is 11.1 Å². The fourth-order valence-corrected chi connectivity index (χ4v) is 2.37. The van der Waals surface area contributed by atoms with Gasteiger partial charge in [0.25, 0.3) is 11.6 Å². The summed E-state index contributed by atoms with van der Waals surface area (Å²) < 4.78 is 5.61. The Balaban J connectivity index is 1.66. The fourth-order valence-electron chi connectivity index (χ4n) is 2.37. The van der Waals surface area contributed by atoms with Gasteiger partial charge in [-0.1, -0.05) is 18.2 Å². The van der Waals surface area contributed by atoms with E-state index in [1.54, 1.807) is 36.4 Å². The Morgan fingerprint density at radius 1 is 1.12 bits per heavy atom. The zero-order valence-corrected chi connectivity index (χ0v) is 13.9. The van der Waals surface area contributed by atoms with Crippen molar-refractivity contribution in [2.75, 3.05) is 0 Å². The van der Waals surface area contributed by atoms with E-state index in [1.807, 2.05) is 19.1 Å². The first-order valence-electron chi connectivity index (χ1n) is 7.78. The van der Waals surface area contributed by atoms with E-state index < -0.39 is 4.92 Å². The van der Waals surface area contributed by atoms with Gasteiger partial charge in [0, 0.05) is 23.3 Å². The molecule has 3 rings (SSSR count). The van der Waals surface area contributed by atoms with Crippen molar-refractivity contribution in [2.45, 2.75) is 6.92 Å². The summed E-state index contributed by atoms with van der Waals surface area (Å²) in [5.41, 5.74) is 4.59. The van der Waals surface area contributed by atoms with Gasteiger partial charge >= 0.3 is 0 Å². The smallest absolute Gasteiger partial charge is 0.271 e. The van der Waals surface area contributed by atoms with Crippen LogP contribution >= 0.6 is 0 Å². The van der Waals surface area contributed by atoms with Crippen LogP contribution in [-0.4, -0.2) is 17.0 Å². The second kappa shape index (κ2) is 7.43. The van der Waals surface area contributed by atoms with E-state index in [-0.39, 0.29) is 11.6 Å². The monoisotopic (exact) mass is 349 g/mol. The highest BCUT2D eigenvalue weighted by atomic mass is 16.6. The molecule has 1 heterocycles. The highest BCUT2D eigenvalue weighted by Gasteiger charge is 2.09. The standard InChI is InChI=1S/C19H15N3O4/c1-13-4-2-3-5-17(13)19(23)21-20-12-16-10-11-18(26-16)14-6-8-15(9-7-14)22(24)25/h2-12H,1H3,(H,21,23)/b20-12-. The average Bonchev–Trinajstić information content (AvgIpc) is 3.11. The first kappa shape index (κ1) is 17.1. The van der Waals surface area contributed by atoms with Crippen LogP contribution < -0.4 is 5.43 Å². The first-order chi connectivity index (χ1) is 12.5. The molecule has 0 radical (unpaired) electrons. The summed E-state index contributed by atoms with van der Waals surface area (Å²) >= 11 is 0. The summed E-state index contributed by atoms with van der Waals surface area (Å²) in [6.45, 7) is 1.85. The zero-order valence-electron chi connectivity index (χ0n) is 13.9. The molecule has 1 aromatic heterocycles. The van der Waals surface area contributed by atoms with Crippen molar-refractivity contribution in [3.63, 3.8) is 0 Å². The van der Waals surface area contributed by atoms with Gasteiger partial charge in [-0.3, -0.25) is 14.9 Å².